The topological polar surface area (TPSA) is 103 Å². The SMILES string of the molecule is CC(C)CCC(=O)C1OC(SCCN(C)C)=NN1C(=O)NC1(C(=O)Nc2ccccc2)CCCCC1. The van der Waals surface area contributed by atoms with Gasteiger partial charge in [0, 0.05) is 24.4 Å². The molecule has 1 aliphatic heterocycles. The number of amides is 3. The fourth-order valence-corrected chi connectivity index (χ4v) is 5.13. The average Bonchev–Trinajstić information content (AvgIpc) is 3.28. The molecule has 1 atom stereocenters. The van der Waals surface area contributed by atoms with E-state index in [0.717, 1.165) is 30.8 Å². The van der Waals surface area contributed by atoms with Crippen molar-refractivity contribution in [2.24, 2.45) is 11.0 Å². The van der Waals surface area contributed by atoms with Gasteiger partial charge >= 0.3 is 6.03 Å². The summed E-state index contributed by atoms with van der Waals surface area (Å²) in [4.78, 5) is 42.0. The van der Waals surface area contributed by atoms with E-state index in [1.54, 1.807) is 0 Å². The van der Waals surface area contributed by atoms with Crippen LogP contribution in [0.2, 0.25) is 0 Å². The minimum Gasteiger partial charge on any atom is -0.438 e. The first kappa shape index (κ1) is 28.0. The molecule has 2 aliphatic rings. The number of rotatable bonds is 10. The molecule has 1 unspecified atom stereocenters. The highest BCUT2D eigenvalue weighted by Gasteiger charge is 2.45. The minimum atomic E-state index is -1.12. The van der Waals surface area contributed by atoms with Crippen LogP contribution in [0.4, 0.5) is 10.5 Å². The Labute approximate surface area is 218 Å². The third-order valence-corrected chi connectivity index (χ3v) is 7.17. The average molecular weight is 518 g/mol. The zero-order valence-electron chi connectivity index (χ0n) is 21.8. The number of anilines is 1. The summed E-state index contributed by atoms with van der Waals surface area (Å²) in [5.41, 5.74) is -0.405. The Morgan fingerprint density at radius 3 is 2.50 bits per heavy atom. The zero-order chi connectivity index (χ0) is 26.1. The molecule has 0 radical (unpaired) electrons. The van der Waals surface area contributed by atoms with Crippen LogP contribution in [0.1, 0.15) is 58.8 Å². The van der Waals surface area contributed by atoms with E-state index in [1.165, 1.54) is 11.8 Å². The van der Waals surface area contributed by atoms with Crippen molar-refractivity contribution in [1.82, 2.24) is 15.2 Å². The van der Waals surface area contributed by atoms with E-state index in [4.69, 9.17) is 4.74 Å². The molecule has 0 bridgehead atoms. The summed E-state index contributed by atoms with van der Waals surface area (Å²) in [5.74, 6) is 0.600. The van der Waals surface area contributed by atoms with Crippen LogP contribution in [-0.4, -0.2) is 71.0 Å². The van der Waals surface area contributed by atoms with Crippen LogP contribution >= 0.6 is 11.8 Å². The Morgan fingerprint density at radius 2 is 1.86 bits per heavy atom. The Bertz CT molecular complexity index is 932. The molecule has 1 aromatic carbocycles. The van der Waals surface area contributed by atoms with Gasteiger partial charge in [0.2, 0.25) is 5.91 Å². The number of ketones is 1. The molecule has 36 heavy (non-hydrogen) atoms. The summed E-state index contributed by atoms with van der Waals surface area (Å²) < 4.78 is 5.86. The maximum atomic E-state index is 13.5. The lowest BCUT2D eigenvalue weighted by Gasteiger charge is -2.37. The lowest BCUT2D eigenvalue weighted by molar-refractivity contribution is -0.131. The number of urea groups is 1. The van der Waals surface area contributed by atoms with Gasteiger partial charge in [-0.3, -0.25) is 9.59 Å². The predicted octanol–water partition coefficient (Wildman–Crippen LogP) is 4.27. The lowest BCUT2D eigenvalue weighted by atomic mass is 9.81. The second kappa shape index (κ2) is 13.1. The summed E-state index contributed by atoms with van der Waals surface area (Å²) in [7, 11) is 3.94. The van der Waals surface area contributed by atoms with E-state index in [2.05, 4.69) is 15.7 Å². The maximum Gasteiger partial charge on any atom is 0.342 e. The van der Waals surface area contributed by atoms with Crippen LogP contribution in [0.25, 0.3) is 0 Å². The van der Waals surface area contributed by atoms with E-state index in [-0.39, 0.29) is 18.1 Å². The van der Waals surface area contributed by atoms with Crippen molar-refractivity contribution in [2.75, 3.05) is 31.7 Å². The normalized spacial score (nSPS) is 19.1. The van der Waals surface area contributed by atoms with Gasteiger partial charge in [-0.15, -0.1) is 5.10 Å². The largest absolute Gasteiger partial charge is 0.438 e. The number of hydrogen-bond acceptors (Lipinski definition) is 7. The Kier molecular flexibility index (Phi) is 10.2. The second-order valence-electron chi connectivity index (χ2n) is 10.1. The molecule has 0 spiro atoms. The van der Waals surface area contributed by atoms with Crippen LogP contribution in [0, 0.1) is 5.92 Å². The Morgan fingerprint density at radius 1 is 1.17 bits per heavy atom. The van der Waals surface area contributed by atoms with Crippen molar-refractivity contribution in [3.8, 4) is 0 Å². The molecule has 0 aromatic heterocycles. The summed E-state index contributed by atoms with van der Waals surface area (Å²) in [6.45, 7) is 4.89. The fraction of sp³-hybridized carbons (Fsp3) is 0.615. The number of nitrogens with one attached hydrogen (secondary N) is 2. The molecule has 10 heteroatoms. The number of ether oxygens (including phenoxy) is 1. The van der Waals surface area contributed by atoms with Crippen molar-refractivity contribution in [3.05, 3.63) is 30.3 Å². The van der Waals surface area contributed by atoms with Gasteiger partial charge in [0.1, 0.15) is 5.54 Å². The molecule has 3 rings (SSSR count). The molecule has 1 aromatic rings. The summed E-state index contributed by atoms with van der Waals surface area (Å²) in [5, 5.41) is 11.6. The quantitative estimate of drug-likeness (QED) is 0.481. The summed E-state index contributed by atoms with van der Waals surface area (Å²) in [6.07, 6.45) is 3.55. The fourth-order valence-electron chi connectivity index (χ4n) is 4.19. The maximum absolute atomic E-state index is 13.5. The van der Waals surface area contributed by atoms with Crippen molar-refractivity contribution in [3.63, 3.8) is 0 Å². The smallest absolute Gasteiger partial charge is 0.342 e. The van der Waals surface area contributed by atoms with Gasteiger partial charge in [0.25, 0.3) is 11.5 Å². The van der Waals surface area contributed by atoms with Crippen LogP contribution in [0.3, 0.4) is 0 Å². The summed E-state index contributed by atoms with van der Waals surface area (Å²) >= 11 is 1.37. The molecule has 1 fully saturated rings. The third-order valence-electron chi connectivity index (χ3n) is 6.36. The van der Waals surface area contributed by atoms with E-state index in [1.807, 2.05) is 63.2 Å². The predicted molar refractivity (Wildman–Crippen MR) is 144 cm³/mol. The number of thioether (sulfide) groups is 1. The Hall–Kier alpha value is -2.59. The first-order valence-corrected chi connectivity index (χ1v) is 13.7. The van der Waals surface area contributed by atoms with E-state index in [9.17, 15) is 14.4 Å². The number of hydrazone groups is 1. The van der Waals surface area contributed by atoms with Gasteiger partial charge in [-0.1, -0.05) is 63.1 Å². The van der Waals surface area contributed by atoms with Gasteiger partial charge in [0.05, 0.1) is 0 Å². The van der Waals surface area contributed by atoms with Gasteiger partial charge in [-0.2, -0.15) is 5.01 Å². The van der Waals surface area contributed by atoms with E-state index < -0.39 is 17.8 Å². The molecule has 1 heterocycles. The van der Waals surface area contributed by atoms with Crippen LogP contribution in [0.15, 0.2) is 35.4 Å². The van der Waals surface area contributed by atoms with Crippen LogP contribution in [0.5, 0.6) is 0 Å². The summed E-state index contributed by atoms with van der Waals surface area (Å²) in [6, 6.07) is 8.61. The lowest BCUT2D eigenvalue weighted by Crippen LogP contribution is -2.61. The third kappa shape index (κ3) is 7.70. The first-order valence-electron chi connectivity index (χ1n) is 12.7. The number of benzene rings is 1. The number of hydrogen-bond donors (Lipinski definition) is 2. The number of carbonyl (C=O) groups excluding carboxylic acids is 3. The minimum absolute atomic E-state index is 0.197. The molecule has 2 N–H and O–H groups in total. The zero-order valence-corrected chi connectivity index (χ0v) is 22.6. The Balaban J connectivity index is 1.77. The molecule has 1 saturated carbocycles. The van der Waals surface area contributed by atoms with Gasteiger partial charge < -0.3 is 20.3 Å². The van der Waals surface area contributed by atoms with Crippen LogP contribution in [-0.2, 0) is 14.3 Å². The highest BCUT2D eigenvalue weighted by atomic mass is 32.2. The molecular formula is C26H39N5O4S. The number of carbonyl (C=O) groups is 3. The van der Waals surface area contributed by atoms with Crippen molar-refractivity contribution in [1.29, 1.82) is 0 Å². The molecule has 0 saturated heterocycles. The van der Waals surface area contributed by atoms with Crippen molar-refractivity contribution < 1.29 is 19.1 Å². The van der Waals surface area contributed by atoms with Gasteiger partial charge in [-0.05, 0) is 51.4 Å². The van der Waals surface area contributed by atoms with Crippen molar-refractivity contribution in [2.45, 2.75) is 70.6 Å². The van der Waals surface area contributed by atoms with Crippen molar-refractivity contribution >= 4 is 40.4 Å². The monoisotopic (exact) mass is 517 g/mol. The first-order chi connectivity index (χ1) is 17.2. The number of nitrogens with zero attached hydrogens (tertiary/aromatic N) is 3. The van der Waals surface area contributed by atoms with E-state index >= 15 is 0 Å². The van der Waals surface area contributed by atoms with E-state index in [0.29, 0.717) is 41.9 Å². The van der Waals surface area contributed by atoms with Gasteiger partial charge in [0.15, 0.2) is 5.78 Å². The molecular weight excluding hydrogens is 478 g/mol. The number of Topliss-reactive ketones (excluding diaryl/α,β-unsaturated/α-hetero) is 1. The molecule has 3 amide bonds. The number of para-hydroxylation sites is 1. The second-order valence-corrected chi connectivity index (χ2v) is 11.2. The van der Waals surface area contributed by atoms with Gasteiger partial charge in [-0.25, -0.2) is 4.79 Å². The highest BCUT2D eigenvalue weighted by molar-refractivity contribution is 8.13. The standard InChI is InChI=1S/C26H39N5O4S/c1-19(2)13-14-21(32)22-31(29-25(35-22)36-18-17-30(3)4)24(34)28-26(15-9-6-10-16-26)23(33)27-20-11-7-5-8-12-20/h5,7-8,11-12,19,22H,6,9-10,13-18H2,1-4H3,(H,27,33)(H,28,34). The molecule has 1 aliphatic carbocycles. The molecule has 198 valence electrons. The molecule has 9 nitrogen and oxygen atoms in total. The van der Waals surface area contributed by atoms with Crippen LogP contribution < -0.4 is 10.6 Å². The highest BCUT2D eigenvalue weighted by Crippen LogP contribution is 2.31.